The molecule has 3 rings (SSSR count). The molecule has 0 atom stereocenters. The highest BCUT2D eigenvalue weighted by Crippen LogP contribution is 2.43. The summed E-state index contributed by atoms with van der Waals surface area (Å²) >= 11 is 0. The van der Waals surface area contributed by atoms with E-state index in [4.69, 9.17) is 4.74 Å². The molecule has 1 N–H and O–H groups in total. The Hall–Kier alpha value is -3.09. The number of nitrogens with one attached hydrogen (secondary N) is 1. The van der Waals surface area contributed by atoms with Gasteiger partial charge in [-0.2, -0.15) is 22.0 Å². The number of rotatable bonds is 6. The van der Waals surface area contributed by atoms with Crippen molar-refractivity contribution in [2.45, 2.75) is 18.6 Å². The fourth-order valence-electron chi connectivity index (χ4n) is 2.54. The quantitative estimate of drug-likeness (QED) is 0.468. The SMILES string of the molecule is FC(F)(F)C(F)(F)c1cccc(CNc2cccc(Oc3ccccc3)c2)c1. The molecule has 0 fully saturated rings. The first-order chi connectivity index (χ1) is 13.3. The zero-order valence-corrected chi connectivity index (χ0v) is 14.5. The van der Waals surface area contributed by atoms with Crippen LogP contribution in [0, 0.1) is 0 Å². The van der Waals surface area contributed by atoms with E-state index in [1.165, 1.54) is 12.1 Å². The first-order valence-corrected chi connectivity index (χ1v) is 8.36. The van der Waals surface area contributed by atoms with E-state index in [-0.39, 0.29) is 6.54 Å². The van der Waals surface area contributed by atoms with Crippen LogP contribution in [-0.2, 0) is 12.5 Å². The summed E-state index contributed by atoms with van der Waals surface area (Å²) in [5, 5.41) is 3.00. The van der Waals surface area contributed by atoms with Gasteiger partial charge in [0.15, 0.2) is 0 Å². The predicted octanol–water partition coefficient (Wildman–Crippen LogP) is 6.75. The number of hydrogen-bond acceptors (Lipinski definition) is 2. The minimum absolute atomic E-state index is 0.0799. The molecule has 3 aromatic carbocycles. The monoisotopic (exact) mass is 393 g/mol. The number of alkyl halides is 5. The normalized spacial score (nSPS) is 11.9. The number of benzene rings is 3. The van der Waals surface area contributed by atoms with Crippen molar-refractivity contribution in [1.82, 2.24) is 0 Å². The lowest BCUT2D eigenvalue weighted by molar-refractivity contribution is -0.289. The Morgan fingerprint density at radius 3 is 2.11 bits per heavy atom. The van der Waals surface area contributed by atoms with E-state index >= 15 is 0 Å². The summed E-state index contributed by atoms with van der Waals surface area (Å²) in [4.78, 5) is 0. The number of anilines is 1. The maximum absolute atomic E-state index is 13.5. The molecule has 0 spiro atoms. The van der Waals surface area contributed by atoms with Crippen LogP contribution in [0.25, 0.3) is 0 Å². The summed E-state index contributed by atoms with van der Waals surface area (Å²) in [7, 11) is 0. The Morgan fingerprint density at radius 2 is 1.39 bits per heavy atom. The van der Waals surface area contributed by atoms with Crippen LogP contribution in [-0.4, -0.2) is 6.18 Å². The van der Waals surface area contributed by atoms with E-state index in [1.54, 1.807) is 36.4 Å². The molecule has 2 nitrogen and oxygen atoms in total. The summed E-state index contributed by atoms with van der Waals surface area (Å²) in [5.41, 5.74) is -0.141. The molecule has 0 aliphatic carbocycles. The highest BCUT2D eigenvalue weighted by Gasteiger charge is 2.58. The molecule has 0 aromatic heterocycles. The summed E-state index contributed by atoms with van der Waals surface area (Å²) in [6.07, 6.45) is -5.64. The van der Waals surface area contributed by atoms with Gasteiger partial charge in [-0.15, -0.1) is 0 Å². The Kier molecular flexibility index (Phi) is 5.53. The summed E-state index contributed by atoms with van der Waals surface area (Å²) in [6.45, 7) is 0.0799. The van der Waals surface area contributed by atoms with Crippen LogP contribution in [0.15, 0.2) is 78.9 Å². The molecule has 0 bridgehead atoms. The molecule has 28 heavy (non-hydrogen) atoms. The molecule has 0 heterocycles. The highest BCUT2D eigenvalue weighted by atomic mass is 19.4. The first-order valence-electron chi connectivity index (χ1n) is 8.36. The van der Waals surface area contributed by atoms with Gasteiger partial charge in [-0.3, -0.25) is 0 Å². The average Bonchev–Trinajstić information content (AvgIpc) is 2.67. The van der Waals surface area contributed by atoms with Crippen molar-refractivity contribution in [2.24, 2.45) is 0 Å². The van der Waals surface area contributed by atoms with E-state index in [2.05, 4.69) is 5.32 Å². The third kappa shape index (κ3) is 4.60. The standard InChI is InChI=1S/C21H16F5NO/c22-20(23,21(24,25)26)16-7-4-6-15(12-16)14-27-17-8-5-11-19(13-17)28-18-9-2-1-3-10-18/h1-13,27H,14H2. The molecule has 0 radical (unpaired) electrons. The van der Waals surface area contributed by atoms with Crippen molar-refractivity contribution < 1.29 is 26.7 Å². The van der Waals surface area contributed by atoms with Gasteiger partial charge in [0.1, 0.15) is 11.5 Å². The topological polar surface area (TPSA) is 21.3 Å². The largest absolute Gasteiger partial charge is 0.458 e. The smallest absolute Gasteiger partial charge is 0.457 e. The van der Waals surface area contributed by atoms with Gasteiger partial charge >= 0.3 is 12.1 Å². The second-order valence-electron chi connectivity index (χ2n) is 6.07. The van der Waals surface area contributed by atoms with Crippen LogP contribution in [0.5, 0.6) is 11.5 Å². The highest BCUT2D eigenvalue weighted by molar-refractivity contribution is 5.49. The van der Waals surface area contributed by atoms with Crippen molar-refractivity contribution in [3.63, 3.8) is 0 Å². The maximum atomic E-state index is 13.5. The van der Waals surface area contributed by atoms with Crippen LogP contribution >= 0.6 is 0 Å². The van der Waals surface area contributed by atoms with Gasteiger partial charge in [0, 0.05) is 23.9 Å². The van der Waals surface area contributed by atoms with Crippen LogP contribution in [0.1, 0.15) is 11.1 Å². The van der Waals surface area contributed by atoms with E-state index < -0.39 is 17.7 Å². The molecule has 0 amide bonds. The van der Waals surface area contributed by atoms with Gasteiger partial charge in [-0.1, -0.05) is 42.5 Å². The molecular weight excluding hydrogens is 377 g/mol. The first kappa shape index (κ1) is 19.7. The number of hydrogen-bond donors (Lipinski definition) is 1. The third-order valence-corrected chi connectivity index (χ3v) is 3.96. The van der Waals surface area contributed by atoms with Crippen LogP contribution in [0.4, 0.5) is 27.6 Å². The maximum Gasteiger partial charge on any atom is 0.458 e. The van der Waals surface area contributed by atoms with E-state index in [0.717, 1.165) is 12.1 Å². The average molecular weight is 393 g/mol. The molecule has 0 saturated heterocycles. The third-order valence-electron chi connectivity index (χ3n) is 3.96. The fraction of sp³-hybridized carbons (Fsp3) is 0.143. The Morgan fingerprint density at radius 1 is 0.714 bits per heavy atom. The van der Waals surface area contributed by atoms with Gasteiger partial charge in [-0.05, 0) is 35.9 Å². The molecular formula is C21H16F5NO. The van der Waals surface area contributed by atoms with Crippen molar-refractivity contribution in [3.8, 4) is 11.5 Å². The molecule has 146 valence electrons. The van der Waals surface area contributed by atoms with Gasteiger partial charge < -0.3 is 10.1 Å². The minimum atomic E-state index is -5.64. The second-order valence-corrected chi connectivity index (χ2v) is 6.07. The fourth-order valence-corrected chi connectivity index (χ4v) is 2.54. The van der Waals surface area contributed by atoms with Gasteiger partial charge in [0.2, 0.25) is 0 Å². The lowest BCUT2D eigenvalue weighted by Gasteiger charge is -2.20. The second kappa shape index (κ2) is 7.88. The van der Waals surface area contributed by atoms with Gasteiger partial charge in [0.25, 0.3) is 0 Å². The minimum Gasteiger partial charge on any atom is -0.457 e. The van der Waals surface area contributed by atoms with E-state index in [9.17, 15) is 22.0 Å². The Bertz CT molecular complexity index is 925. The molecule has 7 heteroatoms. The lowest BCUT2D eigenvalue weighted by Crippen LogP contribution is -2.33. The number of para-hydroxylation sites is 1. The van der Waals surface area contributed by atoms with E-state index in [1.807, 2.05) is 18.2 Å². The molecule has 0 aliphatic rings. The Labute approximate surface area is 158 Å². The van der Waals surface area contributed by atoms with Crippen molar-refractivity contribution in [2.75, 3.05) is 5.32 Å². The van der Waals surface area contributed by atoms with Gasteiger partial charge in [0.05, 0.1) is 0 Å². The van der Waals surface area contributed by atoms with E-state index in [0.29, 0.717) is 22.7 Å². The lowest BCUT2D eigenvalue weighted by atomic mass is 10.0. The molecule has 0 aliphatic heterocycles. The number of ether oxygens (including phenoxy) is 1. The predicted molar refractivity (Wildman–Crippen MR) is 96.7 cm³/mol. The van der Waals surface area contributed by atoms with Crippen LogP contribution in [0.2, 0.25) is 0 Å². The number of halogens is 5. The molecule has 0 unspecified atom stereocenters. The summed E-state index contributed by atoms with van der Waals surface area (Å²) in [6, 6.07) is 20.4. The summed E-state index contributed by atoms with van der Waals surface area (Å²) < 4.78 is 70.4. The van der Waals surface area contributed by atoms with Crippen molar-refractivity contribution in [1.29, 1.82) is 0 Å². The molecule has 3 aromatic rings. The van der Waals surface area contributed by atoms with Gasteiger partial charge in [-0.25, -0.2) is 0 Å². The van der Waals surface area contributed by atoms with Crippen LogP contribution in [0.3, 0.4) is 0 Å². The zero-order valence-electron chi connectivity index (χ0n) is 14.5. The summed E-state index contributed by atoms with van der Waals surface area (Å²) in [5.74, 6) is -3.68. The Balaban J connectivity index is 1.69. The zero-order chi connectivity index (χ0) is 20.2. The van der Waals surface area contributed by atoms with Crippen LogP contribution < -0.4 is 10.1 Å². The van der Waals surface area contributed by atoms with Crippen molar-refractivity contribution >= 4 is 5.69 Å². The van der Waals surface area contributed by atoms with Crippen molar-refractivity contribution in [3.05, 3.63) is 90.0 Å². The molecule has 0 saturated carbocycles.